The largest absolute Gasteiger partial charge is 0.250 e. The van der Waals surface area contributed by atoms with E-state index in [1.165, 1.54) is 11.3 Å². The molecule has 0 bridgehead atoms. The Morgan fingerprint density at radius 3 is 2.55 bits per heavy atom. The van der Waals surface area contributed by atoms with Crippen molar-refractivity contribution in [1.82, 2.24) is 4.72 Å². The minimum Gasteiger partial charge on any atom is -0.210 e. The average Bonchev–Trinajstić information content (AvgIpc) is 2.79. The molecule has 20 heavy (non-hydrogen) atoms. The maximum absolute atomic E-state index is 12.0. The number of rotatable bonds is 5. The standard InChI is InChI=1S/C13H13Cl2NO2S2/c1-9-2-5-13(19-9)20(17,18)16-7-6-10-3-4-11(14)8-12(10)15/h2-5,8,16H,6-7H2,1H3. The first-order valence-corrected chi connectivity index (χ1v) is 8.94. The van der Waals surface area contributed by atoms with Crippen molar-refractivity contribution in [2.45, 2.75) is 17.6 Å². The van der Waals surface area contributed by atoms with Crippen LogP contribution in [0.5, 0.6) is 0 Å². The molecule has 1 aromatic carbocycles. The zero-order chi connectivity index (χ0) is 14.8. The minimum absolute atomic E-state index is 0.292. The zero-order valence-electron chi connectivity index (χ0n) is 10.7. The maximum Gasteiger partial charge on any atom is 0.250 e. The van der Waals surface area contributed by atoms with Crippen molar-refractivity contribution < 1.29 is 8.42 Å². The highest BCUT2D eigenvalue weighted by Gasteiger charge is 2.15. The Morgan fingerprint density at radius 1 is 1.20 bits per heavy atom. The lowest BCUT2D eigenvalue weighted by molar-refractivity contribution is 0.584. The van der Waals surface area contributed by atoms with Crippen LogP contribution in [0.1, 0.15) is 10.4 Å². The molecule has 108 valence electrons. The highest BCUT2D eigenvalue weighted by molar-refractivity contribution is 7.91. The smallest absolute Gasteiger partial charge is 0.210 e. The Hall–Kier alpha value is -0.590. The second kappa shape index (κ2) is 6.45. The summed E-state index contributed by atoms with van der Waals surface area (Å²) in [6, 6.07) is 8.58. The first-order valence-electron chi connectivity index (χ1n) is 5.88. The molecule has 0 aliphatic rings. The van der Waals surface area contributed by atoms with Gasteiger partial charge in [-0.1, -0.05) is 29.3 Å². The van der Waals surface area contributed by atoms with E-state index in [1.807, 2.05) is 6.92 Å². The molecule has 1 aromatic heterocycles. The van der Waals surface area contributed by atoms with Gasteiger partial charge in [0.25, 0.3) is 0 Å². The Bertz CT molecular complexity index is 711. The summed E-state index contributed by atoms with van der Waals surface area (Å²) in [5.41, 5.74) is 0.862. The third-order valence-corrected chi connectivity index (χ3v) is 6.22. The molecule has 2 aromatic rings. The van der Waals surface area contributed by atoms with Crippen molar-refractivity contribution in [3.05, 3.63) is 50.8 Å². The summed E-state index contributed by atoms with van der Waals surface area (Å²) in [6.07, 6.45) is 0.513. The molecule has 0 atom stereocenters. The highest BCUT2D eigenvalue weighted by atomic mass is 35.5. The van der Waals surface area contributed by atoms with E-state index in [9.17, 15) is 8.42 Å². The van der Waals surface area contributed by atoms with Crippen molar-refractivity contribution in [2.75, 3.05) is 6.54 Å². The fraction of sp³-hybridized carbons (Fsp3) is 0.231. The van der Waals surface area contributed by atoms with Gasteiger partial charge in [0.1, 0.15) is 4.21 Å². The summed E-state index contributed by atoms with van der Waals surface area (Å²) in [4.78, 5) is 0.964. The van der Waals surface area contributed by atoms with Crippen molar-refractivity contribution in [2.24, 2.45) is 0 Å². The quantitative estimate of drug-likeness (QED) is 0.889. The van der Waals surface area contributed by atoms with Crippen LogP contribution in [0.25, 0.3) is 0 Å². The summed E-state index contributed by atoms with van der Waals surface area (Å²) < 4.78 is 26.9. The van der Waals surface area contributed by atoms with Gasteiger partial charge >= 0.3 is 0 Å². The lowest BCUT2D eigenvalue weighted by Crippen LogP contribution is -2.25. The van der Waals surface area contributed by atoms with Crippen LogP contribution in [-0.2, 0) is 16.4 Å². The molecule has 0 unspecified atom stereocenters. The highest BCUT2D eigenvalue weighted by Crippen LogP contribution is 2.22. The van der Waals surface area contributed by atoms with E-state index < -0.39 is 10.0 Å². The van der Waals surface area contributed by atoms with Crippen molar-refractivity contribution in [3.63, 3.8) is 0 Å². The molecule has 0 radical (unpaired) electrons. The number of hydrogen-bond donors (Lipinski definition) is 1. The monoisotopic (exact) mass is 349 g/mol. The topological polar surface area (TPSA) is 46.2 Å². The normalized spacial score (nSPS) is 11.8. The number of sulfonamides is 1. The Morgan fingerprint density at radius 2 is 1.95 bits per heavy atom. The molecule has 7 heteroatoms. The zero-order valence-corrected chi connectivity index (χ0v) is 13.8. The van der Waals surface area contributed by atoms with Crippen LogP contribution in [0, 0.1) is 6.92 Å². The van der Waals surface area contributed by atoms with Crippen LogP contribution in [0.4, 0.5) is 0 Å². The third-order valence-electron chi connectivity index (χ3n) is 2.68. The molecular weight excluding hydrogens is 337 g/mol. The second-order valence-electron chi connectivity index (χ2n) is 4.25. The number of halogens is 2. The summed E-state index contributed by atoms with van der Waals surface area (Å²) in [6.45, 7) is 2.16. The van der Waals surface area contributed by atoms with E-state index in [1.54, 1.807) is 30.3 Å². The molecular formula is C13H13Cl2NO2S2. The van der Waals surface area contributed by atoms with E-state index in [-0.39, 0.29) is 0 Å². The van der Waals surface area contributed by atoms with E-state index in [0.29, 0.717) is 27.2 Å². The lowest BCUT2D eigenvalue weighted by atomic mass is 10.1. The number of hydrogen-bond acceptors (Lipinski definition) is 3. The predicted octanol–water partition coefficient (Wildman–Crippen LogP) is 3.88. The SMILES string of the molecule is Cc1ccc(S(=O)(=O)NCCc2ccc(Cl)cc2Cl)s1. The van der Waals surface area contributed by atoms with Crippen LogP contribution in [0.15, 0.2) is 34.5 Å². The van der Waals surface area contributed by atoms with Gasteiger partial charge in [-0.05, 0) is 43.2 Å². The number of nitrogens with one attached hydrogen (secondary N) is 1. The molecule has 0 saturated carbocycles. The summed E-state index contributed by atoms with van der Waals surface area (Å²) in [5.74, 6) is 0. The molecule has 0 saturated heterocycles. The van der Waals surface area contributed by atoms with E-state index >= 15 is 0 Å². The molecule has 0 spiro atoms. The first kappa shape index (κ1) is 15.8. The number of thiophene rings is 1. The Balaban J connectivity index is 1.99. The van der Waals surface area contributed by atoms with Gasteiger partial charge in [-0.25, -0.2) is 13.1 Å². The van der Waals surface area contributed by atoms with Crippen LogP contribution in [0.3, 0.4) is 0 Å². The summed E-state index contributed by atoms with van der Waals surface area (Å²) in [7, 11) is -3.43. The van der Waals surface area contributed by atoms with E-state index in [4.69, 9.17) is 23.2 Å². The average molecular weight is 350 g/mol. The molecule has 2 rings (SSSR count). The third kappa shape index (κ3) is 3.96. The molecule has 0 fully saturated rings. The molecule has 0 aliphatic carbocycles. The molecule has 3 nitrogen and oxygen atoms in total. The van der Waals surface area contributed by atoms with Crippen molar-refractivity contribution in [1.29, 1.82) is 0 Å². The van der Waals surface area contributed by atoms with Crippen molar-refractivity contribution in [3.8, 4) is 0 Å². The van der Waals surface area contributed by atoms with Gasteiger partial charge in [0.05, 0.1) is 0 Å². The van der Waals surface area contributed by atoms with Gasteiger partial charge in [-0.3, -0.25) is 0 Å². The van der Waals surface area contributed by atoms with Crippen LogP contribution in [-0.4, -0.2) is 15.0 Å². The van der Waals surface area contributed by atoms with Crippen LogP contribution < -0.4 is 4.72 Å². The number of benzene rings is 1. The lowest BCUT2D eigenvalue weighted by Gasteiger charge is -2.06. The molecule has 0 aliphatic heterocycles. The molecule has 1 N–H and O–H groups in total. The molecule has 1 heterocycles. The minimum atomic E-state index is -3.43. The van der Waals surface area contributed by atoms with Crippen LogP contribution >= 0.6 is 34.5 Å². The summed E-state index contributed by atoms with van der Waals surface area (Å²) >= 11 is 13.1. The Kier molecular flexibility index (Phi) is 5.09. The fourth-order valence-electron chi connectivity index (χ4n) is 1.67. The second-order valence-corrected chi connectivity index (χ2v) is 8.37. The van der Waals surface area contributed by atoms with Gasteiger partial charge in [-0.15, -0.1) is 11.3 Å². The maximum atomic E-state index is 12.0. The van der Waals surface area contributed by atoms with Crippen molar-refractivity contribution >= 4 is 44.6 Å². The fourth-order valence-corrected chi connectivity index (χ4v) is 4.53. The summed E-state index contributed by atoms with van der Waals surface area (Å²) in [5, 5.41) is 1.11. The van der Waals surface area contributed by atoms with Gasteiger partial charge in [-0.2, -0.15) is 0 Å². The van der Waals surface area contributed by atoms with Gasteiger partial charge in [0.2, 0.25) is 10.0 Å². The van der Waals surface area contributed by atoms with Gasteiger partial charge in [0.15, 0.2) is 0 Å². The van der Waals surface area contributed by atoms with E-state index in [2.05, 4.69) is 4.72 Å². The van der Waals surface area contributed by atoms with Gasteiger partial charge in [0, 0.05) is 21.5 Å². The molecule has 0 amide bonds. The predicted molar refractivity (Wildman–Crippen MR) is 84.4 cm³/mol. The van der Waals surface area contributed by atoms with Crippen LogP contribution in [0.2, 0.25) is 10.0 Å². The Labute approximate surface area is 132 Å². The number of aryl methyl sites for hydroxylation is 1. The first-order chi connectivity index (χ1) is 9.38. The van der Waals surface area contributed by atoms with Gasteiger partial charge < -0.3 is 0 Å². The van der Waals surface area contributed by atoms with E-state index in [0.717, 1.165) is 10.4 Å².